The van der Waals surface area contributed by atoms with Crippen LogP contribution >= 0.6 is 0 Å². The molecule has 0 saturated heterocycles. The van der Waals surface area contributed by atoms with Crippen LogP contribution in [0.25, 0.3) is 0 Å². The Morgan fingerprint density at radius 1 is 0.600 bits per heavy atom. The van der Waals surface area contributed by atoms with E-state index in [2.05, 4.69) is 5.32 Å². The second-order valence-corrected chi connectivity index (χ2v) is 7.04. The van der Waals surface area contributed by atoms with Crippen molar-refractivity contribution in [2.75, 3.05) is 6.61 Å². The van der Waals surface area contributed by atoms with Crippen LogP contribution in [0.1, 0.15) is 109 Å². The van der Waals surface area contributed by atoms with Gasteiger partial charge in [0.25, 0.3) is 0 Å². The molecule has 5 nitrogen and oxygen atoms in total. The molecule has 0 heterocycles. The minimum atomic E-state index is -0.761. The number of carbonyl (C=O) groups is 2. The normalized spacial score (nSPS) is 10.8. The zero-order chi connectivity index (χ0) is 18.6. The predicted molar refractivity (Wildman–Crippen MR) is 103 cm³/mol. The summed E-state index contributed by atoms with van der Waals surface area (Å²) in [5.74, 6) is -0.266. The first-order valence-electron chi connectivity index (χ1n) is 10.4. The molecule has 0 radical (unpaired) electrons. The molecule has 0 aromatic carbocycles. The van der Waals surface area contributed by atoms with Crippen LogP contribution in [0.3, 0.4) is 0 Å². The van der Waals surface area contributed by atoms with E-state index in [0.29, 0.717) is 13.0 Å². The van der Waals surface area contributed by atoms with Crippen molar-refractivity contribution in [2.24, 2.45) is 5.73 Å². The lowest BCUT2D eigenvalue weighted by Gasteiger charge is -2.04. The van der Waals surface area contributed by atoms with E-state index in [4.69, 9.17) is 10.8 Å². The second kappa shape index (κ2) is 19.2. The number of aliphatic hydroxyl groups excluding tert-OH is 1. The van der Waals surface area contributed by atoms with Gasteiger partial charge in [0.15, 0.2) is 0 Å². The average molecular weight is 357 g/mol. The number of nitrogens with one attached hydrogen (secondary N) is 1. The molecule has 4 N–H and O–H groups in total. The van der Waals surface area contributed by atoms with Gasteiger partial charge in [-0.25, -0.2) is 4.79 Å². The molecular formula is C20H40N2O3. The number of rotatable bonds is 18. The minimum Gasteiger partial charge on any atom is -0.396 e. The summed E-state index contributed by atoms with van der Waals surface area (Å²) < 4.78 is 0. The van der Waals surface area contributed by atoms with Crippen LogP contribution in [0.15, 0.2) is 0 Å². The Hall–Kier alpha value is -1.10. The topological polar surface area (TPSA) is 92.4 Å². The fraction of sp³-hybridized carbons (Fsp3) is 0.900. The second-order valence-electron chi connectivity index (χ2n) is 7.04. The van der Waals surface area contributed by atoms with Gasteiger partial charge in [0, 0.05) is 13.0 Å². The summed E-state index contributed by atoms with van der Waals surface area (Å²) in [6.45, 7) is 0.341. The van der Waals surface area contributed by atoms with Gasteiger partial charge < -0.3 is 10.8 Å². The van der Waals surface area contributed by atoms with E-state index in [1.54, 1.807) is 0 Å². The number of primary amides is 1. The summed E-state index contributed by atoms with van der Waals surface area (Å²) in [4.78, 5) is 21.7. The zero-order valence-electron chi connectivity index (χ0n) is 16.1. The van der Waals surface area contributed by atoms with Gasteiger partial charge in [-0.15, -0.1) is 0 Å². The van der Waals surface area contributed by atoms with E-state index in [-0.39, 0.29) is 5.91 Å². The molecule has 0 bridgehead atoms. The molecule has 0 aromatic rings. The van der Waals surface area contributed by atoms with Crippen LogP contribution in [0.5, 0.6) is 0 Å². The third kappa shape index (κ3) is 20.9. The molecular weight excluding hydrogens is 316 g/mol. The monoisotopic (exact) mass is 356 g/mol. The number of carbonyl (C=O) groups excluding carboxylic acids is 2. The number of urea groups is 1. The van der Waals surface area contributed by atoms with Crippen LogP contribution in [0.4, 0.5) is 4.79 Å². The van der Waals surface area contributed by atoms with Crippen molar-refractivity contribution < 1.29 is 14.7 Å². The van der Waals surface area contributed by atoms with Gasteiger partial charge in [-0.2, -0.15) is 0 Å². The minimum absolute atomic E-state index is 0.266. The lowest BCUT2D eigenvalue weighted by molar-refractivity contribution is -0.120. The molecule has 0 rings (SSSR count). The standard InChI is InChI=1S/C20H40N2O3/c21-20(25)22-19(24)17-15-13-11-9-7-5-3-1-2-4-6-8-10-12-14-16-18-23/h23H,1-18H2,(H3,21,22,24,25). The van der Waals surface area contributed by atoms with Crippen molar-refractivity contribution in [1.29, 1.82) is 0 Å². The van der Waals surface area contributed by atoms with E-state index >= 15 is 0 Å². The van der Waals surface area contributed by atoms with Gasteiger partial charge in [0.2, 0.25) is 5.91 Å². The quantitative estimate of drug-likeness (QED) is 0.308. The highest BCUT2D eigenvalue weighted by molar-refractivity contribution is 5.93. The van der Waals surface area contributed by atoms with Crippen molar-refractivity contribution in [1.82, 2.24) is 5.32 Å². The first-order valence-corrected chi connectivity index (χ1v) is 10.4. The Bertz CT molecular complexity index is 322. The fourth-order valence-corrected chi connectivity index (χ4v) is 3.07. The summed E-state index contributed by atoms with van der Waals surface area (Å²) in [5.41, 5.74) is 4.88. The van der Waals surface area contributed by atoms with E-state index in [1.807, 2.05) is 0 Å². The van der Waals surface area contributed by atoms with E-state index in [9.17, 15) is 9.59 Å². The summed E-state index contributed by atoms with van der Waals surface area (Å²) in [6.07, 6.45) is 20.2. The Morgan fingerprint density at radius 3 is 1.24 bits per heavy atom. The Morgan fingerprint density at radius 2 is 0.920 bits per heavy atom. The van der Waals surface area contributed by atoms with Crippen molar-refractivity contribution in [3.05, 3.63) is 0 Å². The number of imide groups is 1. The molecule has 0 aliphatic carbocycles. The number of aliphatic hydroxyl groups is 1. The summed E-state index contributed by atoms with van der Waals surface area (Å²) in [6, 6.07) is -0.761. The van der Waals surface area contributed by atoms with Gasteiger partial charge in [-0.1, -0.05) is 89.9 Å². The predicted octanol–water partition coefficient (Wildman–Crippen LogP) is 4.81. The number of amides is 3. The first-order chi connectivity index (χ1) is 12.2. The SMILES string of the molecule is NC(=O)NC(=O)CCCCCCCCCCCCCCCCCCO. The van der Waals surface area contributed by atoms with E-state index in [1.165, 1.54) is 83.5 Å². The lowest BCUT2D eigenvalue weighted by Crippen LogP contribution is -2.34. The fourth-order valence-electron chi connectivity index (χ4n) is 3.07. The number of unbranched alkanes of at least 4 members (excludes halogenated alkanes) is 15. The van der Waals surface area contributed by atoms with Gasteiger partial charge in [-0.3, -0.25) is 10.1 Å². The smallest absolute Gasteiger partial charge is 0.318 e. The Balaban J connectivity index is 3.07. The molecule has 0 aromatic heterocycles. The molecule has 0 unspecified atom stereocenters. The molecule has 148 valence electrons. The van der Waals surface area contributed by atoms with Crippen LogP contribution in [-0.2, 0) is 4.79 Å². The van der Waals surface area contributed by atoms with E-state index < -0.39 is 6.03 Å². The number of nitrogens with two attached hydrogens (primary N) is 1. The molecule has 0 aliphatic heterocycles. The highest BCUT2D eigenvalue weighted by Crippen LogP contribution is 2.13. The molecule has 0 saturated carbocycles. The molecule has 0 aliphatic rings. The average Bonchev–Trinajstić information content (AvgIpc) is 2.57. The number of hydrogen-bond donors (Lipinski definition) is 3. The highest BCUT2D eigenvalue weighted by atomic mass is 16.3. The highest BCUT2D eigenvalue weighted by Gasteiger charge is 2.03. The maximum absolute atomic E-state index is 11.2. The molecule has 0 fully saturated rings. The molecule has 3 amide bonds. The summed E-state index contributed by atoms with van der Waals surface area (Å²) in [5, 5.41) is 10.8. The van der Waals surface area contributed by atoms with Gasteiger partial charge >= 0.3 is 6.03 Å². The Labute approximate surface area is 154 Å². The van der Waals surface area contributed by atoms with E-state index in [0.717, 1.165) is 19.3 Å². The van der Waals surface area contributed by atoms with Crippen molar-refractivity contribution in [2.45, 2.75) is 109 Å². The molecule has 0 spiro atoms. The molecule has 5 heteroatoms. The van der Waals surface area contributed by atoms with Gasteiger partial charge in [-0.05, 0) is 12.8 Å². The summed E-state index contributed by atoms with van der Waals surface area (Å²) in [7, 11) is 0. The third-order valence-electron chi connectivity index (χ3n) is 4.57. The number of hydrogen-bond acceptors (Lipinski definition) is 3. The van der Waals surface area contributed by atoms with Crippen LogP contribution in [0.2, 0.25) is 0 Å². The van der Waals surface area contributed by atoms with Gasteiger partial charge in [0.1, 0.15) is 0 Å². The van der Waals surface area contributed by atoms with Gasteiger partial charge in [0.05, 0.1) is 0 Å². The maximum atomic E-state index is 11.2. The van der Waals surface area contributed by atoms with Crippen LogP contribution in [-0.4, -0.2) is 23.7 Å². The molecule has 25 heavy (non-hydrogen) atoms. The largest absolute Gasteiger partial charge is 0.396 e. The first kappa shape index (κ1) is 23.9. The van der Waals surface area contributed by atoms with Crippen LogP contribution in [0, 0.1) is 0 Å². The van der Waals surface area contributed by atoms with Crippen LogP contribution < -0.4 is 11.1 Å². The summed E-state index contributed by atoms with van der Waals surface area (Å²) >= 11 is 0. The zero-order valence-corrected chi connectivity index (χ0v) is 16.1. The van der Waals surface area contributed by atoms with Crippen molar-refractivity contribution in [3.8, 4) is 0 Å². The lowest BCUT2D eigenvalue weighted by atomic mass is 10.0. The Kier molecular flexibility index (Phi) is 18.4. The molecule has 0 atom stereocenters. The van der Waals surface area contributed by atoms with Crippen molar-refractivity contribution in [3.63, 3.8) is 0 Å². The van der Waals surface area contributed by atoms with Crippen molar-refractivity contribution >= 4 is 11.9 Å². The third-order valence-corrected chi connectivity index (χ3v) is 4.57. The maximum Gasteiger partial charge on any atom is 0.318 e.